The van der Waals surface area contributed by atoms with Crippen molar-refractivity contribution in [3.05, 3.63) is 71.2 Å². The maximum absolute atomic E-state index is 13.2. The number of alkyl halides is 1. The second-order valence-electron chi connectivity index (χ2n) is 8.60. The third kappa shape index (κ3) is 5.52. The number of hydrogen-bond donors (Lipinski definition) is 2. The van der Waals surface area contributed by atoms with Crippen LogP contribution in [0.25, 0.3) is 0 Å². The lowest BCUT2D eigenvalue weighted by atomic mass is 9.94. The molecule has 1 saturated heterocycles. The molecule has 1 unspecified atom stereocenters. The maximum atomic E-state index is 13.2. The van der Waals surface area contributed by atoms with Crippen LogP contribution in [0, 0.1) is 11.2 Å². The number of nitrogens with zero attached hydrogens (tertiary/aromatic N) is 2. The van der Waals surface area contributed by atoms with E-state index < -0.39 is 0 Å². The van der Waals surface area contributed by atoms with E-state index in [-0.39, 0.29) is 16.7 Å². The van der Waals surface area contributed by atoms with E-state index >= 15 is 0 Å². The van der Waals surface area contributed by atoms with Crippen LogP contribution in [0.15, 0.2) is 59.8 Å². The summed E-state index contributed by atoms with van der Waals surface area (Å²) in [6, 6.07) is 7.26. The number of nitrogens with one attached hydrogen (secondary N) is 2. The van der Waals surface area contributed by atoms with Crippen molar-refractivity contribution in [3.8, 4) is 0 Å². The third-order valence-corrected chi connectivity index (χ3v) is 6.19. The van der Waals surface area contributed by atoms with Crippen molar-refractivity contribution in [1.82, 2.24) is 15.1 Å². The van der Waals surface area contributed by atoms with Crippen LogP contribution in [0.3, 0.4) is 0 Å². The molecular weight excluding hydrogens is 399 g/mol. The van der Waals surface area contributed by atoms with Crippen molar-refractivity contribution in [1.29, 1.82) is 5.41 Å². The minimum Gasteiger partial charge on any atom is -0.391 e. The second-order valence-corrected chi connectivity index (χ2v) is 9.46. The Balaban J connectivity index is 1.63. The maximum Gasteiger partial charge on any atom is 0.123 e. The molecule has 0 radical (unpaired) electrons. The molecule has 3 atom stereocenters. The van der Waals surface area contributed by atoms with Gasteiger partial charge in [0.05, 0.1) is 4.87 Å². The Kier molecular flexibility index (Phi) is 7.04. The van der Waals surface area contributed by atoms with Gasteiger partial charge in [0.1, 0.15) is 11.7 Å². The van der Waals surface area contributed by atoms with Crippen LogP contribution in [0.2, 0.25) is 0 Å². The molecule has 1 fully saturated rings. The summed E-state index contributed by atoms with van der Waals surface area (Å²) in [5, 5.41) is 11.9. The van der Waals surface area contributed by atoms with Crippen LogP contribution in [0.1, 0.15) is 32.8 Å². The molecule has 162 valence electrons. The number of hydrogen-bond acceptors (Lipinski definition) is 3. The van der Waals surface area contributed by atoms with Crippen molar-refractivity contribution in [2.75, 3.05) is 20.1 Å². The zero-order valence-electron chi connectivity index (χ0n) is 18.3. The fourth-order valence-electron chi connectivity index (χ4n) is 4.10. The van der Waals surface area contributed by atoms with Crippen LogP contribution in [0.5, 0.6) is 0 Å². The van der Waals surface area contributed by atoms with Crippen LogP contribution in [-0.2, 0) is 6.54 Å². The lowest BCUT2D eigenvalue weighted by Crippen LogP contribution is -2.57. The molecule has 1 heterocycles. The molecule has 4 nitrogen and oxygen atoms in total. The summed E-state index contributed by atoms with van der Waals surface area (Å²) in [4.78, 5) is 4.19. The molecule has 0 saturated carbocycles. The first kappa shape index (κ1) is 22.6. The van der Waals surface area contributed by atoms with Gasteiger partial charge in [-0.2, -0.15) is 0 Å². The Hall–Kier alpha value is -2.11. The molecule has 0 aromatic heterocycles. The molecule has 2 aliphatic rings. The third-order valence-electron chi connectivity index (χ3n) is 5.93. The first-order valence-electron chi connectivity index (χ1n) is 10.5. The van der Waals surface area contributed by atoms with Crippen LogP contribution in [0.4, 0.5) is 4.39 Å². The Morgan fingerprint density at radius 2 is 1.97 bits per heavy atom. The first-order valence-corrected chi connectivity index (χ1v) is 10.9. The van der Waals surface area contributed by atoms with Gasteiger partial charge in [-0.3, -0.25) is 10.3 Å². The molecule has 1 aromatic rings. The van der Waals surface area contributed by atoms with Gasteiger partial charge >= 0.3 is 0 Å². The average Bonchev–Trinajstić information content (AvgIpc) is 2.70. The Labute approximate surface area is 184 Å². The van der Waals surface area contributed by atoms with E-state index in [9.17, 15) is 4.39 Å². The molecule has 1 aliphatic carbocycles. The topological polar surface area (TPSA) is 42.4 Å². The SMILES string of the molecule is CNC1=C(/C=C/C(=N)N2C[C@H](C)N(Cc3ccc(F)cc3)C[C@H]2C)C=CC(C)(Cl)C1. The molecule has 3 rings (SSSR count). The average molecular weight is 431 g/mol. The summed E-state index contributed by atoms with van der Waals surface area (Å²) in [5.74, 6) is 0.316. The highest BCUT2D eigenvalue weighted by molar-refractivity contribution is 6.25. The van der Waals surface area contributed by atoms with Crippen molar-refractivity contribution >= 4 is 17.4 Å². The Morgan fingerprint density at radius 1 is 1.27 bits per heavy atom. The molecule has 1 aliphatic heterocycles. The quantitative estimate of drug-likeness (QED) is 0.404. The van der Waals surface area contributed by atoms with Gasteiger partial charge < -0.3 is 10.2 Å². The molecule has 2 N–H and O–H groups in total. The molecule has 0 amide bonds. The van der Waals surface area contributed by atoms with Gasteiger partial charge in [-0.15, -0.1) is 11.6 Å². The van der Waals surface area contributed by atoms with Crippen LogP contribution >= 0.6 is 11.6 Å². The van der Waals surface area contributed by atoms with E-state index in [1.807, 2.05) is 50.4 Å². The zero-order valence-corrected chi connectivity index (χ0v) is 19.0. The highest BCUT2D eigenvalue weighted by Crippen LogP contribution is 2.31. The number of allylic oxidation sites excluding steroid dienone is 5. The lowest BCUT2D eigenvalue weighted by molar-refractivity contribution is 0.0795. The summed E-state index contributed by atoms with van der Waals surface area (Å²) in [6.45, 7) is 8.79. The van der Waals surface area contributed by atoms with Gasteiger partial charge in [-0.1, -0.05) is 24.3 Å². The predicted molar refractivity (Wildman–Crippen MR) is 123 cm³/mol. The van der Waals surface area contributed by atoms with Gasteiger partial charge in [0.25, 0.3) is 0 Å². The van der Waals surface area contributed by atoms with Gasteiger partial charge in [0.2, 0.25) is 0 Å². The van der Waals surface area contributed by atoms with Crippen molar-refractivity contribution in [2.24, 2.45) is 0 Å². The number of halogens is 2. The molecule has 0 bridgehead atoms. The van der Waals surface area contributed by atoms with Crippen molar-refractivity contribution < 1.29 is 4.39 Å². The largest absolute Gasteiger partial charge is 0.391 e. The van der Waals surface area contributed by atoms with E-state index in [1.165, 1.54) is 12.1 Å². The van der Waals surface area contributed by atoms with Gasteiger partial charge in [0.15, 0.2) is 0 Å². The smallest absolute Gasteiger partial charge is 0.123 e. The van der Waals surface area contributed by atoms with Crippen molar-refractivity contribution in [3.63, 3.8) is 0 Å². The monoisotopic (exact) mass is 430 g/mol. The minimum absolute atomic E-state index is 0.203. The Morgan fingerprint density at radius 3 is 2.63 bits per heavy atom. The fraction of sp³-hybridized carbons (Fsp3) is 0.458. The number of piperazine rings is 1. The molecular formula is C24H32ClFN4. The van der Waals surface area contributed by atoms with E-state index in [4.69, 9.17) is 17.0 Å². The van der Waals surface area contributed by atoms with Gasteiger partial charge in [-0.05, 0) is 56.2 Å². The number of rotatable bonds is 5. The summed E-state index contributed by atoms with van der Waals surface area (Å²) in [7, 11) is 1.91. The second kappa shape index (κ2) is 9.36. The highest BCUT2D eigenvalue weighted by Gasteiger charge is 2.30. The van der Waals surface area contributed by atoms with Gasteiger partial charge in [-0.25, -0.2) is 4.39 Å². The van der Waals surface area contributed by atoms with E-state index in [0.29, 0.717) is 11.9 Å². The zero-order chi connectivity index (χ0) is 21.9. The van der Waals surface area contributed by atoms with Crippen molar-refractivity contribution in [2.45, 2.75) is 50.7 Å². The number of amidine groups is 1. The minimum atomic E-state index is -0.367. The Bertz CT molecular complexity index is 856. The van der Waals surface area contributed by atoms with E-state index in [0.717, 1.165) is 42.9 Å². The first-order chi connectivity index (χ1) is 14.2. The standard InChI is InChI=1S/C24H32ClFN4/c1-17-15-30(18(2)14-29(17)16-19-5-8-21(26)9-6-19)23(27)10-7-20-11-12-24(3,25)13-22(20)28-4/h5-12,17-18,27-28H,13-16H2,1-4H3/b10-7+,27-23?/t17-,18+,24?/m0/s1. The van der Waals surface area contributed by atoms with E-state index in [2.05, 4.69) is 29.0 Å². The fourth-order valence-corrected chi connectivity index (χ4v) is 4.30. The van der Waals surface area contributed by atoms with Gasteiger partial charge in [0, 0.05) is 50.9 Å². The molecule has 6 heteroatoms. The van der Waals surface area contributed by atoms with E-state index in [1.54, 1.807) is 0 Å². The van der Waals surface area contributed by atoms with Crippen LogP contribution < -0.4 is 5.32 Å². The summed E-state index contributed by atoms with van der Waals surface area (Å²) in [5.41, 5.74) is 3.27. The normalized spacial score (nSPS) is 27.7. The molecule has 30 heavy (non-hydrogen) atoms. The van der Waals surface area contributed by atoms with Crippen LogP contribution in [-0.4, -0.2) is 52.7 Å². The summed E-state index contributed by atoms with van der Waals surface area (Å²) in [6.07, 6.45) is 8.66. The summed E-state index contributed by atoms with van der Waals surface area (Å²) < 4.78 is 13.2. The number of benzene rings is 1. The molecule has 1 aromatic carbocycles. The molecule has 0 spiro atoms. The predicted octanol–water partition coefficient (Wildman–Crippen LogP) is 4.68. The lowest BCUT2D eigenvalue weighted by Gasteiger charge is -2.45. The highest BCUT2D eigenvalue weighted by atomic mass is 35.5. The summed E-state index contributed by atoms with van der Waals surface area (Å²) >= 11 is 6.45.